The molecule has 0 aromatic heterocycles. The molecule has 0 radical (unpaired) electrons. The number of rotatable bonds is 3. The molecule has 0 unspecified atom stereocenters. The molecule has 2 fully saturated rings. The predicted molar refractivity (Wildman–Crippen MR) is 77.9 cm³/mol. The summed E-state index contributed by atoms with van der Waals surface area (Å²) in [5.74, 6) is 0.692. The largest absolute Gasteiger partial charge is 0.322 e. The van der Waals surface area contributed by atoms with Crippen molar-refractivity contribution in [2.24, 2.45) is 5.92 Å². The number of nitrogens with zero attached hydrogens (tertiary/aromatic N) is 2. The number of amides is 2. The number of urea groups is 1. The Kier molecular flexibility index (Phi) is 5.25. The molecule has 2 amide bonds. The lowest BCUT2D eigenvalue weighted by Crippen LogP contribution is -2.50. The van der Waals surface area contributed by atoms with Gasteiger partial charge < -0.3 is 15.1 Å². The Morgan fingerprint density at radius 3 is 2.42 bits per heavy atom. The summed E-state index contributed by atoms with van der Waals surface area (Å²) in [5.41, 5.74) is 1.33. The summed E-state index contributed by atoms with van der Waals surface area (Å²) in [5, 5.41) is 2.97. The number of carbonyl (C=O) groups is 1. The summed E-state index contributed by atoms with van der Waals surface area (Å²) in [6.07, 6.45) is 7.18. The molecule has 1 saturated heterocycles. The first kappa shape index (κ1) is 14.4. The van der Waals surface area contributed by atoms with Crippen LogP contribution in [0.2, 0.25) is 0 Å². The fourth-order valence-corrected chi connectivity index (χ4v) is 3.03. The van der Waals surface area contributed by atoms with Crippen LogP contribution in [0.4, 0.5) is 4.79 Å². The fourth-order valence-electron chi connectivity index (χ4n) is 3.03. The summed E-state index contributed by atoms with van der Waals surface area (Å²) in [4.78, 5) is 16.4. The van der Waals surface area contributed by atoms with E-state index in [-0.39, 0.29) is 6.03 Å². The zero-order valence-electron chi connectivity index (χ0n) is 12.3. The Balaban J connectivity index is 1.76. The highest BCUT2D eigenvalue weighted by Crippen LogP contribution is 2.30. The molecule has 4 nitrogen and oxygen atoms in total. The SMILES string of the molecule is CCN1CCN(C(=O)N/C=C(\C)C2CCCC2)CC1. The smallest absolute Gasteiger partial charge is 0.321 e. The van der Waals surface area contributed by atoms with E-state index in [2.05, 4.69) is 24.1 Å². The van der Waals surface area contributed by atoms with Crippen LogP contribution in [0.25, 0.3) is 0 Å². The highest BCUT2D eigenvalue weighted by Gasteiger charge is 2.20. The minimum absolute atomic E-state index is 0.0631. The first-order valence-electron chi connectivity index (χ1n) is 7.65. The number of hydrogen-bond acceptors (Lipinski definition) is 2. The number of carbonyl (C=O) groups excluding carboxylic acids is 1. The van der Waals surface area contributed by atoms with Crippen molar-refractivity contribution in [3.05, 3.63) is 11.8 Å². The van der Waals surface area contributed by atoms with E-state index in [1.165, 1.54) is 31.3 Å². The molecule has 2 aliphatic rings. The Morgan fingerprint density at radius 2 is 1.84 bits per heavy atom. The Bertz CT molecular complexity index is 326. The van der Waals surface area contributed by atoms with Gasteiger partial charge in [0.05, 0.1) is 0 Å². The molecular weight excluding hydrogens is 238 g/mol. The van der Waals surface area contributed by atoms with E-state index in [4.69, 9.17) is 0 Å². The monoisotopic (exact) mass is 265 g/mol. The minimum Gasteiger partial charge on any atom is -0.322 e. The van der Waals surface area contributed by atoms with E-state index in [1.54, 1.807) is 0 Å². The van der Waals surface area contributed by atoms with Gasteiger partial charge >= 0.3 is 6.03 Å². The van der Waals surface area contributed by atoms with Gasteiger partial charge in [-0.05, 0) is 32.2 Å². The van der Waals surface area contributed by atoms with Crippen molar-refractivity contribution in [2.45, 2.75) is 39.5 Å². The van der Waals surface area contributed by atoms with Gasteiger partial charge in [-0.2, -0.15) is 0 Å². The molecule has 0 spiro atoms. The first-order valence-corrected chi connectivity index (χ1v) is 7.65. The van der Waals surface area contributed by atoms with Gasteiger partial charge in [-0.25, -0.2) is 4.79 Å². The lowest BCUT2D eigenvalue weighted by atomic mass is 10.0. The average molecular weight is 265 g/mol. The quantitative estimate of drug-likeness (QED) is 0.850. The molecule has 108 valence electrons. The molecule has 1 saturated carbocycles. The second-order valence-corrected chi connectivity index (χ2v) is 5.74. The van der Waals surface area contributed by atoms with Crippen LogP contribution in [0.15, 0.2) is 11.8 Å². The summed E-state index contributed by atoms with van der Waals surface area (Å²) in [7, 11) is 0. The van der Waals surface area contributed by atoms with Gasteiger partial charge in [0, 0.05) is 32.4 Å². The molecule has 2 rings (SSSR count). The van der Waals surface area contributed by atoms with Crippen LogP contribution in [-0.4, -0.2) is 48.6 Å². The van der Waals surface area contributed by atoms with Crippen molar-refractivity contribution in [3.63, 3.8) is 0 Å². The van der Waals surface area contributed by atoms with E-state index in [9.17, 15) is 4.79 Å². The van der Waals surface area contributed by atoms with E-state index in [0.29, 0.717) is 5.92 Å². The maximum Gasteiger partial charge on any atom is 0.321 e. The topological polar surface area (TPSA) is 35.6 Å². The molecule has 0 atom stereocenters. The normalized spacial score (nSPS) is 22.8. The van der Waals surface area contributed by atoms with Crippen molar-refractivity contribution in [1.29, 1.82) is 0 Å². The zero-order valence-corrected chi connectivity index (χ0v) is 12.3. The minimum atomic E-state index is 0.0631. The average Bonchev–Trinajstić information content (AvgIpc) is 2.98. The summed E-state index contributed by atoms with van der Waals surface area (Å²) >= 11 is 0. The molecule has 19 heavy (non-hydrogen) atoms. The standard InChI is InChI=1S/C15H27N3O/c1-3-17-8-10-18(11-9-17)15(19)16-12-13(2)14-6-4-5-7-14/h12,14H,3-11H2,1-2H3,(H,16,19)/b13-12+. The number of likely N-dealkylation sites (N-methyl/N-ethyl adjacent to an activating group) is 1. The summed E-state index contributed by atoms with van der Waals surface area (Å²) in [6, 6.07) is 0.0631. The van der Waals surface area contributed by atoms with Crippen molar-refractivity contribution in [1.82, 2.24) is 15.1 Å². The van der Waals surface area contributed by atoms with Crippen LogP contribution >= 0.6 is 0 Å². The van der Waals surface area contributed by atoms with Gasteiger partial charge in [0.1, 0.15) is 0 Å². The van der Waals surface area contributed by atoms with Crippen molar-refractivity contribution >= 4 is 6.03 Å². The van der Waals surface area contributed by atoms with E-state index >= 15 is 0 Å². The summed E-state index contributed by atoms with van der Waals surface area (Å²) < 4.78 is 0. The van der Waals surface area contributed by atoms with Gasteiger partial charge in [-0.1, -0.05) is 25.3 Å². The van der Waals surface area contributed by atoms with Crippen LogP contribution in [0, 0.1) is 5.92 Å². The van der Waals surface area contributed by atoms with E-state index in [0.717, 1.165) is 32.7 Å². The van der Waals surface area contributed by atoms with Crippen molar-refractivity contribution in [3.8, 4) is 0 Å². The van der Waals surface area contributed by atoms with Gasteiger partial charge in [0.25, 0.3) is 0 Å². The molecular formula is C15H27N3O. The first-order chi connectivity index (χ1) is 9.20. The van der Waals surface area contributed by atoms with Crippen molar-refractivity contribution < 1.29 is 4.79 Å². The fraction of sp³-hybridized carbons (Fsp3) is 0.800. The van der Waals surface area contributed by atoms with Gasteiger partial charge in [-0.15, -0.1) is 0 Å². The number of allylic oxidation sites excluding steroid dienone is 1. The number of hydrogen-bond donors (Lipinski definition) is 1. The second kappa shape index (κ2) is 6.94. The third-order valence-corrected chi connectivity index (χ3v) is 4.53. The van der Waals surface area contributed by atoms with Gasteiger partial charge in [0.2, 0.25) is 0 Å². The van der Waals surface area contributed by atoms with Crippen LogP contribution in [0.1, 0.15) is 39.5 Å². The number of nitrogens with one attached hydrogen (secondary N) is 1. The predicted octanol–water partition coefficient (Wildman–Crippen LogP) is 2.43. The maximum absolute atomic E-state index is 12.1. The maximum atomic E-state index is 12.1. The zero-order chi connectivity index (χ0) is 13.7. The van der Waals surface area contributed by atoms with Crippen molar-refractivity contribution in [2.75, 3.05) is 32.7 Å². The molecule has 1 aliphatic heterocycles. The Labute approximate surface area is 116 Å². The van der Waals surface area contributed by atoms with Gasteiger partial charge in [-0.3, -0.25) is 0 Å². The highest BCUT2D eigenvalue weighted by atomic mass is 16.2. The summed E-state index contributed by atoms with van der Waals surface area (Å²) in [6.45, 7) is 9.07. The highest BCUT2D eigenvalue weighted by molar-refractivity contribution is 5.75. The van der Waals surface area contributed by atoms with E-state index < -0.39 is 0 Å². The molecule has 4 heteroatoms. The molecule has 0 aromatic rings. The molecule has 1 N–H and O–H groups in total. The van der Waals surface area contributed by atoms with Crippen LogP contribution in [0.3, 0.4) is 0 Å². The van der Waals surface area contributed by atoms with Crippen LogP contribution in [0.5, 0.6) is 0 Å². The Hall–Kier alpha value is -1.03. The molecule has 0 aromatic carbocycles. The number of piperazine rings is 1. The van der Waals surface area contributed by atoms with Gasteiger partial charge in [0.15, 0.2) is 0 Å². The third-order valence-electron chi connectivity index (χ3n) is 4.53. The molecule has 1 aliphatic carbocycles. The lowest BCUT2D eigenvalue weighted by molar-refractivity contribution is 0.145. The van der Waals surface area contributed by atoms with Crippen LogP contribution in [-0.2, 0) is 0 Å². The second-order valence-electron chi connectivity index (χ2n) is 5.74. The molecule has 0 bridgehead atoms. The van der Waals surface area contributed by atoms with Crippen LogP contribution < -0.4 is 5.32 Å². The molecule has 1 heterocycles. The third kappa shape index (κ3) is 3.96. The van der Waals surface area contributed by atoms with E-state index in [1.807, 2.05) is 11.1 Å². The Morgan fingerprint density at radius 1 is 1.21 bits per heavy atom. The lowest BCUT2D eigenvalue weighted by Gasteiger charge is -2.33.